The van der Waals surface area contributed by atoms with Gasteiger partial charge >= 0.3 is 0 Å². The van der Waals surface area contributed by atoms with Crippen LogP contribution < -0.4 is 5.73 Å². The maximum Gasteiger partial charge on any atom is 0.0733 e. The fraction of sp³-hybridized carbons (Fsp3) is 0.917. The molecule has 16 heavy (non-hydrogen) atoms. The number of nitrogens with two attached hydrogens (primary N) is 1. The molecule has 3 nitrogen and oxygen atoms in total. The number of thiocarbonyl (C=S) groups is 1. The summed E-state index contributed by atoms with van der Waals surface area (Å²) >= 11 is 5.04. The van der Waals surface area contributed by atoms with Gasteiger partial charge in [-0.2, -0.15) is 0 Å². The Labute approximate surface area is 103 Å². The van der Waals surface area contributed by atoms with Gasteiger partial charge in [-0.15, -0.1) is 0 Å². The number of hydrogen-bond acceptors (Lipinski definition) is 3. The molecule has 0 aromatic heterocycles. The monoisotopic (exact) mass is 242 g/mol. The van der Waals surface area contributed by atoms with Crippen molar-refractivity contribution in [2.24, 2.45) is 11.1 Å². The minimum absolute atomic E-state index is 0.157. The van der Waals surface area contributed by atoms with Gasteiger partial charge in [0.15, 0.2) is 0 Å². The molecule has 0 aromatic carbocycles. The molecule has 0 amide bonds. The van der Waals surface area contributed by atoms with Gasteiger partial charge in [0.05, 0.1) is 18.2 Å². The van der Waals surface area contributed by atoms with Crippen LogP contribution >= 0.6 is 12.2 Å². The summed E-state index contributed by atoms with van der Waals surface area (Å²) in [5.41, 5.74) is 6.23. The predicted molar refractivity (Wildman–Crippen MR) is 69.5 cm³/mol. The highest BCUT2D eigenvalue weighted by molar-refractivity contribution is 7.80. The molecule has 1 heterocycles. The first-order chi connectivity index (χ1) is 7.44. The average molecular weight is 242 g/mol. The van der Waals surface area contributed by atoms with Crippen molar-refractivity contribution in [2.45, 2.75) is 38.6 Å². The molecule has 1 saturated carbocycles. The van der Waals surface area contributed by atoms with Gasteiger partial charge in [-0.05, 0) is 32.1 Å². The molecular formula is C12H22N2OS. The van der Waals surface area contributed by atoms with E-state index in [2.05, 4.69) is 18.7 Å². The fourth-order valence-corrected chi connectivity index (χ4v) is 2.83. The van der Waals surface area contributed by atoms with Crippen LogP contribution in [0.25, 0.3) is 0 Å². The molecule has 92 valence electrons. The molecule has 2 rings (SSSR count). The second-order valence-corrected chi connectivity index (χ2v) is 6.45. The zero-order valence-corrected chi connectivity index (χ0v) is 11.1. The predicted octanol–water partition coefficient (Wildman–Crippen LogP) is 1.55. The van der Waals surface area contributed by atoms with Crippen LogP contribution in [0.15, 0.2) is 0 Å². The van der Waals surface area contributed by atoms with E-state index in [1.807, 2.05) is 0 Å². The van der Waals surface area contributed by atoms with Crippen LogP contribution in [0.4, 0.5) is 0 Å². The number of morpholine rings is 1. The molecule has 0 bridgehead atoms. The lowest BCUT2D eigenvalue weighted by Crippen LogP contribution is -2.54. The molecular weight excluding hydrogens is 220 g/mol. The van der Waals surface area contributed by atoms with Crippen LogP contribution in [0.3, 0.4) is 0 Å². The first kappa shape index (κ1) is 12.3. The molecule has 0 spiro atoms. The number of rotatable bonds is 4. The summed E-state index contributed by atoms with van der Waals surface area (Å²) in [4.78, 5) is 3.21. The van der Waals surface area contributed by atoms with Gasteiger partial charge in [0.25, 0.3) is 0 Å². The van der Waals surface area contributed by atoms with Gasteiger partial charge in [-0.1, -0.05) is 12.2 Å². The summed E-state index contributed by atoms with van der Waals surface area (Å²) in [6.45, 7) is 8.35. The van der Waals surface area contributed by atoms with E-state index in [1.54, 1.807) is 0 Å². The first-order valence-corrected chi connectivity index (χ1v) is 6.46. The molecule has 0 atom stereocenters. The highest BCUT2D eigenvalue weighted by Crippen LogP contribution is 2.50. The van der Waals surface area contributed by atoms with Crippen LogP contribution in [0.5, 0.6) is 0 Å². The molecule has 2 aliphatic rings. The molecule has 0 unspecified atom stereocenters. The van der Waals surface area contributed by atoms with Gasteiger partial charge in [0, 0.05) is 25.0 Å². The zero-order chi connectivity index (χ0) is 11.8. The molecule has 2 fully saturated rings. The second kappa shape index (κ2) is 4.24. The Morgan fingerprint density at radius 1 is 1.44 bits per heavy atom. The molecule has 1 aliphatic heterocycles. The standard InChI is InChI=1S/C12H22N2OS/c1-11(2)9-15-6-5-14(11)8-12(3-4-12)7-10(13)16/h3-9H2,1-2H3,(H2,13,16). The summed E-state index contributed by atoms with van der Waals surface area (Å²) in [6.07, 6.45) is 3.46. The Bertz CT molecular complexity index is 287. The lowest BCUT2D eigenvalue weighted by atomic mass is 9.96. The van der Waals surface area contributed by atoms with Crippen molar-refractivity contribution in [1.29, 1.82) is 0 Å². The highest BCUT2D eigenvalue weighted by Gasteiger charge is 2.46. The number of nitrogens with zero attached hydrogens (tertiary/aromatic N) is 1. The molecule has 0 radical (unpaired) electrons. The van der Waals surface area contributed by atoms with Crippen molar-refractivity contribution < 1.29 is 4.74 Å². The zero-order valence-electron chi connectivity index (χ0n) is 10.3. The lowest BCUT2D eigenvalue weighted by Gasteiger charge is -2.44. The van der Waals surface area contributed by atoms with Crippen LogP contribution in [0.2, 0.25) is 0 Å². The van der Waals surface area contributed by atoms with Gasteiger partial charge in [-0.3, -0.25) is 4.90 Å². The highest BCUT2D eigenvalue weighted by atomic mass is 32.1. The lowest BCUT2D eigenvalue weighted by molar-refractivity contribution is -0.0587. The SMILES string of the molecule is CC1(C)COCCN1CC1(CC(N)=S)CC1. The van der Waals surface area contributed by atoms with E-state index in [9.17, 15) is 0 Å². The van der Waals surface area contributed by atoms with Crippen LogP contribution in [-0.2, 0) is 4.74 Å². The van der Waals surface area contributed by atoms with Crippen LogP contribution in [0.1, 0.15) is 33.1 Å². The van der Waals surface area contributed by atoms with E-state index in [0.29, 0.717) is 10.4 Å². The summed E-state index contributed by atoms with van der Waals surface area (Å²) in [6, 6.07) is 0. The van der Waals surface area contributed by atoms with Crippen molar-refractivity contribution in [3.05, 3.63) is 0 Å². The van der Waals surface area contributed by atoms with E-state index in [0.717, 1.165) is 32.7 Å². The number of ether oxygens (including phenoxy) is 1. The maximum absolute atomic E-state index is 5.68. The van der Waals surface area contributed by atoms with Crippen molar-refractivity contribution in [1.82, 2.24) is 4.90 Å². The van der Waals surface area contributed by atoms with E-state index in [1.165, 1.54) is 12.8 Å². The quantitative estimate of drug-likeness (QED) is 0.759. The van der Waals surface area contributed by atoms with E-state index < -0.39 is 0 Å². The van der Waals surface area contributed by atoms with Gasteiger partial charge < -0.3 is 10.5 Å². The minimum Gasteiger partial charge on any atom is -0.393 e. The summed E-state index contributed by atoms with van der Waals surface area (Å²) in [5, 5.41) is 0. The molecule has 2 N–H and O–H groups in total. The molecule has 1 aliphatic carbocycles. The Morgan fingerprint density at radius 3 is 2.62 bits per heavy atom. The second-order valence-electron chi connectivity index (χ2n) is 5.93. The summed E-state index contributed by atoms with van der Waals surface area (Å²) in [5.74, 6) is 0. The summed E-state index contributed by atoms with van der Waals surface area (Å²) in [7, 11) is 0. The minimum atomic E-state index is 0.157. The first-order valence-electron chi connectivity index (χ1n) is 6.05. The number of hydrogen-bond donors (Lipinski definition) is 1. The van der Waals surface area contributed by atoms with Crippen molar-refractivity contribution in [3.63, 3.8) is 0 Å². The van der Waals surface area contributed by atoms with Crippen LogP contribution in [-0.4, -0.2) is 41.7 Å². The Kier molecular flexibility index (Phi) is 3.25. The Balaban J connectivity index is 1.95. The Hall–Kier alpha value is -0.190. The van der Waals surface area contributed by atoms with Gasteiger partial charge in [0.1, 0.15) is 0 Å². The average Bonchev–Trinajstić information content (AvgIpc) is 2.88. The smallest absolute Gasteiger partial charge is 0.0733 e. The Morgan fingerprint density at radius 2 is 2.12 bits per heavy atom. The van der Waals surface area contributed by atoms with Crippen molar-refractivity contribution >= 4 is 17.2 Å². The molecule has 1 saturated heterocycles. The van der Waals surface area contributed by atoms with E-state index >= 15 is 0 Å². The van der Waals surface area contributed by atoms with Gasteiger partial charge in [0.2, 0.25) is 0 Å². The largest absolute Gasteiger partial charge is 0.393 e. The normalized spacial score (nSPS) is 27.6. The third-order valence-electron chi connectivity index (χ3n) is 3.85. The van der Waals surface area contributed by atoms with E-state index in [4.69, 9.17) is 22.7 Å². The van der Waals surface area contributed by atoms with E-state index in [-0.39, 0.29) is 5.54 Å². The van der Waals surface area contributed by atoms with Crippen molar-refractivity contribution in [3.8, 4) is 0 Å². The molecule has 4 heteroatoms. The maximum atomic E-state index is 5.68. The summed E-state index contributed by atoms with van der Waals surface area (Å²) < 4.78 is 5.54. The molecule has 0 aromatic rings. The van der Waals surface area contributed by atoms with Gasteiger partial charge in [-0.25, -0.2) is 0 Å². The van der Waals surface area contributed by atoms with Crippen molar-refractivity contribution in [2.75, 3.05) is 26.3 Å². The fourth-order valence-electron chi connectivity index (χ4n) is 2.53. The third-order valence-corrected chi connectivity index (χ3v) is 3.99. The third kappa shape index (κ3) is 2.73. The van der Waals surface area contributed by atoms with Crippen LogP contribution in [0, 0.1) is 5.41 Å². The topological polar surface area (TPSA) is 38.5 Å².